The fraction of sp³-hybridized carbons (Fsp3) is 0.308. The van der Waals surface area contributed by atoms with Crippen molar-refractivity contribution in [3.05, 3.63) is 63.2 Å². The number of hydrogen-bond acceptors (Lipinski definition) is 6. The molecule has 2 N–H and O–H groups in total. The summed E-state index contributed by atoms with van der Waals surface area (Å²) in [5.74, 6) is 0.796. The molecule has 0 aliphatic carbocycles. The van der Waals surface area contributed by atoms with Gasteiger partial charge in [0.05, 0.1) is 38.6 Å². The molecule has 0 radical (unpaired) electrons. The number of imidazole rings is 1. The maximum absolute atomic E-state index is 13.7. The Kier molecular flexibility index (Phi) is 7.85. The van der Waals surface area contributed by atoms with Crippen LogP contribution in [0.15, 0.2) is 42.5 Å². The Morgan fingerprint density at radius 1 is 1.16 bits per heavy atom. The van der Waals surface area contributed by atoms with Crippen LogP contribution >= 0.6 is 34.5 Å². The molecule has 1 fully saturated rings. The number of aromatic nitrogens is 2. The molecule has 1 saturated heterocycles. The van der Waals surface area contributed by atoms with Gasteiger partial charge in [-0.15, -0.1) is 11.3 Å². The Morgan fingerprint density at radius 3 is 2.76 bits per heavy atom. The number of carbonyl (C=O) groups excluding carboxylic acids is 1. The van der Waals surface area contributed by atoms with E-state index in [0.717, 1.165) is 55.5 Å². The number of ether oxygens (including phenoxy) is 1. The van der Waals surface area contributed by atoms with Crippen LogP contribution in [0.3, 0.4) is 0 Å². The van der Waals surface area contributed by atoms with E-state index in [9.17, 15) is 9.18 Å². The van der Waals surface area contributed by atoms with Crippen molar-refractivity contribution in [3.63, 3.8) is 0 Å². The largest absolute Gasteiger partial charge is 0.495 e. The third kappa shape index (κ3) is 5.85. The number of thiophene rings is 1. The lowest BCUT2D eigenvalue weighted by Gasteiger charge is -2.36. The number of benzene rings is 2. The first-order valence-corrected chi connectivity index (χ1v) is 13.5. The highest BCUT2D eigenvalue weighted by atomic mass is 35.5. The lowest BCUT2D eigenvalue weighted by atomic mass is 10.2. The molecule has 0 spiro atoms. The van der Waals surface area contributed by atoms with Crippen molar-refractivity contribution in [2.45, 2.75) is 6.42 Å². The van der Waals surface area contributed by atoms with Crippen LogP contribution in [-0.4, -0.2) is 67.2 Å². The van der Waals surface area contributed by atoms with Gasteiger partial charge in [0.15, 0.2) is 0 Å². The number of H-pyrrole nitrogens is 1. The summed E-state index contributed by atoms with van der Waals surface area (Å²) in [6.07, 6.45) is 0.861. The SMILES string of the molecule is COc1ccc(Cl)cc1N1CCN(CCCNC(=O)c2ccc(-c3nc4cc(Cl)c(F)cc4[nH]3)s2)CC1. The van der Waals surface area contributed by atoms with Gasteiger partial charge >= 0.3 is 0 Å². The molecule has 1 aliphatic heterocycles. The maximum Gasteiger partial charge on any atom is 0.261 e. The van der Waals surface area contributed by atoms with Crippen LogP contribution in [0.1, 0.15) is 16.1 Å². The van der Waals surface area contributed by atoms with E-state index >= 15 is 0 Å². The number of methoxy groups -OCH3 is 1. The first-order chi connectivity index (χ1) is 17.9. The van der Waals surface area contributed by atoms with Gasteiger partial charge in [0, 0.05) is 43.8 Å². The first-order valence-electron chi connectivity index (χ1n) is 12.0. The molecular weight excluding hydrogens is 536 g/mol. The summed E-state index contributed by atoms with van der Waals surface area (Å²) in [4.78, 5) is 26.3. The summed E-state index contributed by atoms with van der Waals surface area (Å²) in [7, 11) is 1.67. The van der Waals surface area contributed by atoms with Crippen molar-refractivity contribution in [3.8, 4) is 16.5 Å². The molecule has 0 unspecified atom stereocenters. The molecule has 0 bridgehead atoms. The van der Waals surface area contributed by atoms with Gasteiger partial charge in [-0.05, 0) is 49.4 Å². The lowest BCUT2D eigenvalue weighted by molar-refractivity contribution is 0.0955. The van der Waals surface area contributed by atoms with Gasteiger partial charge in [-0.2, -0.15) is 0 Å². The van der Waals surface area contributed by atoms with Crippen LogP contribution in [0, 0.1) is 5.82 Å². The Labute approximate surface area is 228 Å². The average molecular weight is 562 g/mol. The lowest BCUT2D eigenvalue weighted by Crippen LogP contribution is -2.47. The quantitative estimate of drug-likeness (QED) is 0.270. The molecule has 0 saturated carbocycles. The highest BCUT2D eigenvalue weighted by Gasteiger charge is 2.20. The molecule has 4 aromatic rings. The van der Waals surface area contributed by atoms with Crippen molar-refractivity contribution < 1.29 is 13.9 Å². The van der Waals surface area contributed by atoms with Crippen LogP contribution in [0.5, 0.6) is 5.75 Å². The second-order valence-electron chi connectivity index (χ2n) is 8.79. The Balaban J connectivity index is 1.08. The maximum atomic E-state index is 13.7. The minimum atomic E-state index is -0.501. The van der Waals surface area contributed by atoms with Crippen LogP contribution in [0.25, 0.3) is 21.7 Å². The number of halogens is 3. The number of nitrogens with one attached hydrogen (secondary N) is 2. The van der Waals surface area contributed by atoms with Crippen molar-refractivity contribution in [1.82, 2.24) is 20.2 Å². The standard InChI is InChI=1S/C26H26Cl2FN5O2S/c1-36-22-4-3-16(27)13-21(22)34-11-9-33(10-12-34)8-2-7-30-26(35)24-6-5-23(37-24)25-31-19-14-17(28)18(29)15-20(19)32-25/h3-6,13-15H,2,7-12H2,1H3,(H,30,35)(H,31,32). The van der Waals surface area contributed by atoms with E-state index in [0.29, 0.717) is 33.3 Å². The molecule has 2 aromatic heterocycles. The van der Waals surface area contributed by atoms with Gasteiger partial charge in [-0.3, -0.25) is 9.69 Å². The fourth-order valence-corrected chi connectivity index (χ4v) is 5.61. The smallest absolute Gasteiger partial charge is 0.261 e. The molecule has 11 heteroatoms. The number of amides is 1. The van der Waals surface area contributed by atoms with Gasteiger partial charge in [0.2, 0.25) is 0 Å². The number of anilines is 1. The van der Waals surface area contributed by atoms with Gasteiger partial charge in [0.1, 0.15) is 17.4 Å². The second kappa shape index (κ2) is 11.3. The number of piperazine rings is 1. The normalized spacial score (nSPS) is 14.3. The molecule has 194 valence electrons. The van der Waals surface area contributed by atoms with E-state index in [1.54, 1.807) is 13.2 Å². The minimum absolute atomic E-state index is 0.0278. The van der Waals surface area contributed by atoms with Crippen molar-refractivity contribution in [2.75, 3.05) is 51.3 Å². The second-order valence-corrected chi connectivity index (χ2v) is 10.7. The Morgan fingerprint density at radius 2 is 1.97 bits per heavy atom. The van der Waals surface area contributed by atoms with Crippen LogP contribution < -0.4 is 15.0 Å². The van der Waals surface area contributed by atoms with E-state index in [1.807, 2.05) is 24.3 Å². The number of nitrogens with zero attached hydrogens (tertiary/aromatic N) is 3. The van der Waals surface area contributed by atoms with Crippen molar-refractivity contribution >= 4 is 57.2 Å². The van der Waals surface area contributed by atoms with E-state index < -0.39 is 5.82 Å². The molecule has 3 heterocycles. The van der Waals surface area contributed by atoms with E-state index in [1.165, 1.54) is 23.5 Å². The number of aromatic amines is 1. The summed E-state index contributed by atoms with van der Waals surface area (Å²) in [6.45, 7) is 5.16. The number of hydrogen-bond donors (Lipinski definition) is 2. The van der Waals surface area contributed by atoms with E-state index in [-0.39, 0.29) is 10.9 Å². The highest BCUT2D eigenvalue weighted by Crippen LogP contribution is 2.32. The summed E-state index contributed by atoms with van der Waals surface area (Å²) < 4.78 is 19.2. The summed E-state index contributed by atoms with van der Waals surface area (Å²) >= 11 is 13.4. The van der Waals surface area contributed by atoms with E-state index in [4.69, 9.17) is 27.9 Å². The third-order valence-corrected chi connectivity index (χ3v) is 7.99. The monoisotopic (exact) mass is 561 g/mol. The molecule has 37 heavy (non-hydrogen) atoms. The summed E-state index contributed by atoms with van der Waals surface area (Å²) in [5.41, 5.74) is 2.16. The summed E-state index contributed by atoms with van der Waals surface area (Å²) in [5, 5.41) is 3.73. The number of rotatable bonds is 8. The Hall–Kier alpha value is -2.85. The number of fused-ring (bicyclic) bond motifs is 1. The molecule has 1 aliphatic rings. The average Bonchev–Trinajstić information content (AvgIpc) is 3.55. The molecule has 7 nitrogen and oxygen atoms in total. The minimum Gasteiger partial charge on any atom is -0.495 e. The van der Waals surface area contributed by atoms with Gasteiger partial charge in [-0.1, -0.05) is 23.2 Å². The first kappa shape index (κ1) is 25.8. The van der Waals surface area contributed by atoms with Gasteiger partial charge < -0.3 is 19.9 Å². The van der Waals surface area contributed by atoms with Crippen molar-refractivity contribution in [2.24, 2.45) is 0 Å². The van der Waals surface area contributed by atoms with Crippen LogP contribution in [0.4, 0.5) is 10.1 Å². The zero-order chi connectivity index (χ0) is 25.9. The van der Waals surface area contributed by atoms with Crippen molar-refractivity contribution in [1.29, 1.82) is 0 Å². The molecule has 5 rings (SSSR count). The predicted octanol–water partition coefficient (Wildman–Crippen LogP) is 5.69. The summed E-state index contributed by atoms with van der Waals surface area (Å²) in [6, 6.07) is 12.1. The van der Waals surface area contributed by atoms with Gasteiger partial charge in [-0.25, -0.2) is 9.37 Å². The third-order valence-electron chi connectivity index (χ3n) is 6.38. The fourth-order valence-electron chi connectivity index (χ4n) is 4.42. The molecule has 2 aromatic carbocycles. The molecule has 0 atom stereocenters. The predicted molar refractivity (Wildman–Crippen MR) is 148 cm³/mol. The molecule has 1 amide bonds. The number of carbonyl (C=O) groups is 1. The zero-order valence-corrected chi connectivity index (χ0v) is 22.5. The van der Waals surface area contributed by atoms with E-state index in [2.05, 4.69) is 25.1 Å². The van der Waals surface area contributed by atoms with Crippen LogP contribution in [0.2, 0.25) is 10.0 Å². The Bertz CT molecular complexity index is 1380. The molecular formula is C26H26Cl2FN5O2S. The highest BCUT2D eigenvalue weighted by molar-refractivity contribution is 7.17. The van der Waals surface area contributed by atoms with Crippen LogP contribution in [-0.2, 0) is 0 Å². The van der Waals surface area contributed by atoms with Gasteiger partial charge in [0.25, 0.3) is 5.91 Å². The topological polar surface area (TPSA) is 73.5 Å². The zero-order valence-electron chi connectivity index (χ0n) is 20.2.